The molecule has 2 N–H and O–H groups in total. The molecule has 19 heavy (non-hydrogen) atoms. The van der Waals surface area contributed by atoms with Crippen molar-refractivity contribution in [3.8, 4) is 0 Å². The molecule has 1 aromatic rings. The van der Waals surface area contributed by atoms with Crippen molar-refractivity contribution in [2.24, 2.45) is 7.05 Å². The van der Waals surface area contributed by atoms with Gasteiger partial charge in [0.15, 0.2) is 0 Å². The molecule has 0 spiro atoms. The quantitative estimate of drug-likeness (QED) is 0.734. The summed E-state index contributed by atoms with van der Waals surface area (Å²) in [5.74, 6) is 0.390. The van der Waals surface area contributed by atoms with Crippen molar-refractivity contribution >= 4 is 15.9 Å². The number of nitrogens with zero attached hydrogens (tertiary/aromatic N) is 2. The molecule has 108 valence electrons. The lowest BCUT2D eigenvalue weighted by atomic mass is 10.1. The van der Waals surface area contributed by atoms with Crippen LogP contribution in [0.3, 0.4) is 0 Å². The molecule has 1 heterocycles. The van der Waals surface area contributed by atoms with Gasteiger partial charge in [-0.1, -0.05) is 13.3 Å². The first-order chi connectivity index (χ1) is 8.83. The molecule has 0 saturated carbocycles. The van der Waals surface area contributed by atoms with E-state index in [1.54, 1.807) is 12.4 Å². The third-order valence-corrected chi connectivity index (χ3v) is 3.25. The maximum Gasteiger partial charge on any atom is 0.235 e. The second kappa shape index (κ2) is 6.67. The molecule has 7 nitrogen and oxygen atoms in total. The molecule has 0 saturated heterocycles. The monoisotopic (exact) mass is 288 g/mol. The number of nitrogens with one attached hydrogen (secondary N) is 2. The topological polar surface area (TPSA) is 93.1 Å². The number of carbonyl (C=O) groups is 1. The van der Waals surface area contributed by atoms with Gasteiger partial charge in [0.2, 0.25) is 15.9 Å². The van der Waals surface area contributed by atoms with Crippen LogP contribution >= 0.6 is 0 Å². The molecule has 1 amide bonds. The molecule has 0 aliphatic rings. The van der Waals surface area contributed by atoms with E-state index in [1.165, 1.54) is 0 Å². The molecule has 1 unspecified atom stereocenters. The van der Waals surface area contributed by atoms with E-state index < -0.39 is 10.0 Å². The van der Waals surface area contributed by atoms with Gasteiger partial charge in [-0.05, 0) is 6.42 Å². The van der Waals surface area contributed by atoms with Crippen LogP contribution in [0.1, 0.15) is 31.6 Å². The zero-order valence-electron chi connectivity index (χ0n) is 11.4. The Balaban J connectivity index is 2.64. The summed E-state index contributed by atoms with van der Waals surface area (Å²) < 4.78 is 25.8. The van der Waals surface area contributed by atoms with Crippen molar-refractivity contribution in [1.29, 1.82) is 0 Å². The molecule has 0 aliphatic heterocycles. The lowest BCUT2D eigenvalue weighted by Gasteiger charge is -2.18. The highest BCUT2D eigenvalue weighted by Crippen LogP contribution is 2.15. The number of sulfonamides is 1. The molecule has 1 atom stereocenters. The highest BCUT2D eigenvalue weighted by Gasteiger charge is 2.18. The predicted molar refractivity (Wildman–Crippen MR) is 71.8 cm³/mol. The SMILES string of the molecule is CCCC(NC(=O)CNS(C)(=O)=O)c1nccn1C. The predicted octanol–water partition coefficient (Wildman–Crippen LogP) is -0.0733. The van der Waals surface area contributed by atoms with Gasteiger partial charge in [0.25, 0.3) is 0 Å². The largest absolute Gasteiger partial charge is 0.345 e. The summed E-state index contributed by atoms with van der Waals surface area (Å²) in [5, 5.41) is 2.78. The maximum absolute atomic E-state index is 11.7. The van der Waals surface area contributed by atoms with Gasteiger partial charge in [-0.25, -0.2) is 18.1 Å². The summed E-state index contributed by atoms with van der Waals surface area (Å²) in [6.07, 6.45) is 6.12. The number of imidazole rings is 1. The summed E-state index contributed by atoms with van der Waals surface area (Å²) in [7, 11) is -1.51. The third-order valence-electron chi connectivity index (χ3n) is 2.58. The van der Waals surface area contributed by atoms with Crippen LogP contribution in [0, 0.1) is 0 Å². The van der Waals surface area contributed by atoms with Crippen molar-refractivity contribution in [1.82, 2.24) is 19.6 Å². The van der Waals surface area contributed by atoms with Crippen LogP contribution in [0.25, 0.3) is 0 Å². The van der Waals surface area contributed by atoms with Gasteiger partial charge in [-0.15, -0.1) is 0 Å². The summed E-state index contributed by atoms with van der Waals surface area (Å²) in [4.78, 5) is 15.9. The minimum Gasteiger partial charge on any atom is -0.345 e. The molecule has 1 rings (SSSR count). The zero-order valence-corrected chi connectivity index (χ0v) is 12.2. The maximum atomic E-state index is 11.7. The van der Waals surface area contributed by atoms with Crippen LogP contribution in [0.4, 0.5) is 0 Å². The van der Waals surface area contributed by atoms with E-state index in [-0.39, 0.29) is 18.5 Å². The highest BCUT2D eigenvalue weighted by atomic mass is 32.2. The number of hydrogen-bond acceptors (Lipinski definition) is 4. The van der Waals surface area contributed by atoms with Gasteiger partial charge in [-0.3, -0.25) is 4.79 Å². The molecule has 1 aromatic heterocycles. The number of rotatable bonds is 7. The summed E-state index contributed by atoms with van der Waals surface area (Å²) in [6, 6.07) is -0.209. The van der Waals surface area contributed by atoms with Crippen molar-refractivity contribution in [2.45, 2.75) is 25.8 Å². The first-order valence-corrected chi connectivity index (χ1v) is 7.94. The Morgan fingerprint density at radius 1 is 1.53 bits per heavy atom. The number of amides is 1. The van der Waals surface area contributed by atoms with Crippen LogP contribution in [0.5, 0.6) is 0 Å². The Labute approximate surface area is 113 Å². The second-order valence-electron chi connectivity index (χ2n) is 4.40. The fourth-order valence-electron chi connectivity index (χ4n) is 1.71. The van der Waals surface area contributed by atoms with Crippen LogP contribution in [-0.2, 0) is 21.9 Å². The van der Waals surface area contributed by atoms with Crippen molar-refractivity contribution in [2.75, 3.05) is 12.8 Å². The van der Waals surface area contributed by atoms with Crippen LogP contribution in [0.15, 0.2) is 12.4 Å². The van der Waals surface area contributed by atoms with Crippen LogP contribution < -0.4 is 10.0 Å². The fraction of sp³-hybridized carbons (Fsp3) is 0.636. The van der Waals surface area contributed by atoms with Gasteiger partial charge in [0.1, 0.15) is 5.82 Å². The molecule has 0 bridgehead atoms. The number of hydrogen-bond donors (Lipinski definition) is 2. The minimum atomic E-state index is -3.36. The minimum absolute atomic E-state index is 0.209. The Morgan fingerprint density at radius 3 is 2.68 bits per heavy atom. The smallest absolute Gasteiger partial charge is 0.235 e. The first-order valence-electron chi connectivity index (χ1n) is 6.04. The van der Waals surface area contributed by atoms with E-state index in [1.807, 2.05) is 18.5 Å². The van der Waals surface area contributed by atoms with Gasteiger partial charge in [0, 0.05) is 19.4 Å². The summed E-state index contributed by atoms with van der Waals surface area (Å²) in [5.41, 5.74) is 0. The normalized spacial score (nSPS) is 13.2. The van der Waals surface area contributed by atoms with E-state index in [9.17, 15) is 13.2 Å². The van der Waals surface area contributed by atoms with E-state index in [4.69, 9.17) is 0 Å². The molecule has 0 aliphatic carbocycles. The van der Waals surface area contributed by atoms with Crippen molar-refractivity contribution < 1.29 is 13.2 Å². The lowest BCUT2D eigenvalue weighted by Crippen LogP contribution is -2.38. The summed E-state index contributed by atoms with van der Waals surface area (Å²) in [6.45, 7) is 1.75. The van der Waals surface area contributed by atoms with Gasteiger partial charge in [0.05, 0.1) is 18.8 Å². The van der Waals surface area contributed by atoms with Gasteiger partial charge < -0.3 is 9.88 Å². The van der Waals surface area contributed by atoms with E-state index >= 15 is 0 Å². The average Bonchev–Trinajstić information content (AvgIpc) is 2.71. The van der Waals surface area contributed by atoms with Crippen LogP contribution in [-0.4, -0.2) is 36.7 Å². The Kier molecular flexibility index (Phi) is 5.49. The molecule has 0 fully saturated rings. The molecular formula is C11H20N4O3S. The third kappa shape index (κ3) is 5.39. The standard InChI is InChI=1S/C11H20N4O3S/c1-4-5-9(11-12-6-7-15(11)2)14-10(16)8-13-19(3,17)18/h6-7,9,13H,4-5,8H2,1-3H3,(H,14,16). The Bertz CT molecular complexity index is 524. The molecule has 0 radical (unpaired) electrons. The highest BCUT2D eigenvalue weighted by molar-refractivity contribution is 7.88. The van der Waals surface area contributed by atoms with E-state index in [0.717, 1.165) is 24.9 Å². The zero-order chi connectivity index (χ0) is 14.5. The van der Waals surface area contributed by atoms with Gasteiger partial charge in [-0.2, -0.15) is 0 Å². The first kappa shape index (κ1) is 15.6. The number of aromatic nitrogens is 2. The van der Waals surface area contributed by atoms with Crippen molar-refractivity contribution in [3.05, 3.63) is 18.2 Å². The number of aryl methyl sites for hydroxylation is 1. The lowest BCUT2D eigenvalue weighted by molar-refractivity contribution is -0.120. The fourth-order valence-corrected chi connectivity index (χ4v) is 2.10. The number of carbonyl (C=O) groups excluding carboxylic acids is 1. The summed E-state index contributed by atoms with van der Waals surface area (Å²) >= 11 is 0. The van der Waals surface area contributed by atoms with E-state index in [2.05, 4.69) is 15.0 Å². The Hall–Kier alpha value is -1.41. The van der Waals surface area contributed by atoms with Crippen molar-refractivity contribution in [3.63, 3.8) is 0 Å². The van der Waals surface area contributed by atoms with Crippen LogP contribution in [0.2, 0.25) is 0 Å². The Morgan fingerprint density at radius 2 is 2.21 bits per heavy atom. The second-order valence-corrected chi connectivity index (χ2v) is 6.23. The van der Waals surface area contributed by atoms with Gasteiger partial charge >= 0.3 is 0 Å². The average molecular weight is 288 g/mol. The molecule has 0 aromatic carbocycles. The molecular weight excluding hydrogens is 268 g/mol. The molecule has 8 heteroatoms. The van der Waals surface area contributed by atoms with E-state index in [0.29, 0.717) is 0 Å².